The first-order valence-corrected chi connectivity index (χ1v) is 8.52. The summed E-state index contributed by atoms with van der Waals surface area (Å²) in [5.74, 6) is 0.712. The zero-order chi connectivity index (χ0) is 17.0. The summed E-state index contributed by atoms with van der Waals surface area (Å²) in [6.45, 7) is 10.4. The summed E-state index contributed by atoms with van der Waals surface area (Å²) in [4.78, 5) is 14.6. The Morgan fingerprint density at radius 2 is 1.78 bits per heavy atom. The molecule has 0 aliphatic carbocycles. The number of amides is 1. The Kier molecular flexibility index (Phi) is 5.69. The highest BCUT2D eigenvalue weighted by Gasteiger charge is 2.22. The maximum absolute atomic E-state index is 12.3. The maximum Gasteiger partial charge on any atom is 0.260 e. The van der Waals surface area contributed by atoms with Crippen molar-refractivity contribution in [3.05, 3.63) is 29.8 Å². The van der Waals surface area contributed by atoms with Crippen LogP contribution in [0.1, 0.15) is 46.1 Å². The van der Waals surface area contributed by atoms with Gasteiger partial charge in [-0.3, -0.25) is 4.79 Å². The Bertz CT molecular complexity index is 511. The fourth-order valence-corrected chi connectivity index (χ4v) is 2.76. The van der Waals surface area contributed by atoms with Gasteiger partial charge in [0.1, 0.15) is 5.75 Å². The molecule has 1 N–H and O–H groups in total. The first-order valence-electron chi connectivity index (χ1n) is 8.52. The van der Waals surface area contributed by atoms with E-state index < -0.39 is 6.10 Å². The van der Waals surface area contributed by atoms with E-state index in [0.717, 1.165) is 31.7 Å². The van der Waals surface area contributed by atoms with Crippen LogP contribution in [0.3, 0.4) is 0 Å². The molecule has 0 radical (unpaired) electrons. The summed E-state index contributed by atoms with van der Waals surface area (Å²) < 4.78 is 5.78. The normalized spacial score (nSPS) is 18.5. The number of benzene rings is 1. The van der Waals surface area contributed by atoms with Crippen molar-refractivity contribution in [3.63, 3.8) is 0 Å². The summed E-state index contributed by atoms with van der Waals surface area (Å²) in [6, 6.07) is 8.29. The fraction of sp³-hybridized carbons (Fsp3) is 0.632. The number of rotatable bonds is 4. The van der Waals surface area contributed by atoms with Crippen molar-refractivity contribution in [2.45, 2.75) is 58.1 Å². The second kappa shape index (κ2) is 7.35. The van der Waals surface area contributed by atoms with E-state index in [1.165, 1.54) is 5.56 Å². The minimum atomic E-state index is -0.477. The van der Waals surface area contributed by atoms with Gasteiger partial charge in [0.05, 0.1) is 0 Å². The number of nitrogens with zero attached hydrogens (tertiary/aromatic N) is 1. The van der Waals surface area contributed by atoms with Gasteiger partial charge in [-0.15, -0.1) is 0 Å². The Balaban J connectivity index is 1.86. The quantitative estimate of drug-likeness (QED) is 0.928. The lowest BCUT2D eigenvalue weighted by molar-refractivity contribution is -0.128. The number of carbonyl (C=O) groups is 1. The number of ether oxygens (including phenoxy) is 1. The second-order valence-corrected chi connectivity index (χ2v) is 7.62. The largest absolute Gasteiger partial charge is 0.481 e. The van der Waals surface area contributed by atoms with E-state index in [1.807, 2.05) is 19.1 Å². The van der Waals surface area contributed by atoms with Crippen molar-refractivity contribution >= 4 is 5.91 Å². The predicted molar refractivity (Wildman–Crippen MR) is 93.9 cm³/mol. The van der Waals surface area contributed by atoms with Crippen LogP contribution in [0.15, 0.2) is 24.3 Å². The van der Waals surface area contributed by atoms with Gasteiger partial charge in [0, 0.05) is 6.04 Å². The van der Waals surface area contributed by atoms with Gasteiger partial charge in [-0.25, -0.2) is 0 Å². The maximum atomic E-state index is 12.3. The Morgan fingerprint density at radius 3 is 2.30 bits per heavy atom. The average molecular weight is 318 g/mol. The zero-order valence-electron chi connectivity index (χ0n) is 15.1. The average Bonchev–Trinajstić information content (AvgIpc) is 2.49. The van der Waals surface area contributed by atoms with Crippen molar-refractivity contribution in [1.29, 1.82) is 0 Å². The molecule has 2 rings (SSSR count). The highest BCUT2D eigenvalue weighted by atomic mass is 16.5. The van der Waals surface area contributed by atoms with Gasteiger partial charge in [-0.1, -0.05) is 32.9 Å². The molecule has 23 heavy (non-hydrogen) atoms. The zero-order valence-corrected chi connectivity index (χ0v) is 15.1. The molecule has 0 spiro atoms. The third-order valence-corrected chi connectivity index (χ3v) is 4.47. The van der Waals surface area contributed by atoms with E-state index >= 15 is 0 Å². The monoisotopic (exact) mass is 318 g/mol. The third kappa shape index (κ3) is 5.24. The van der Waals surface area contributed by atoms with E-state index in [0.29, 0.717) is 0 Å². The molecular formula is C19H30N2O2. The molecule has 4 heteroatoms. The minimum absolute atomic E-state index is 0.0283. The van der Waals surface area contributed by atoms with Crippen molar-refractivity contribution in [3.8, 4) is 5.75 Å². The predicted octanol–water partition coefficient (Wildman–Crippen LogP) is 2.96. The Labute approximate surface area is 140 Å². The number of carbonyl (C=O) groups excluding carboxylic acids is 1. The summed E-state index contributed by atoms with van der Waals surface area (Å²) in [5.41, 5.74) is 1.38. The van der Waals surface area contributed by atoms with Crippen LogP contribution in [-0.2, 0) is 10.2 Å². The third-order valence-electron chi connectivity index (χ3n) is 4.47. The van der Waals surface area contributed by atoms with Crippen molar-refractivity contribution in [2.75, 3.05) is 20.1 Å². The van der Waals surface area contributed by atoms with Crippen molar-refractivity contribution in [2.24, 2.45) is 0 Å². The van der Waals surface area contributed by atoms with E-state index in [4.69, 9.17) is 4.74 Å². The molecule has 0 aromatic heterocycles. The van der Waals surface area contributed by atoms with E-state index in [9.17, 15) is 4.79 Å². The van der Waals surface area contributed by atoms with E-state index in [1.54, 1.807) is 0 Å². The molecule has 1 heterocycles. The lowest BCUT2D eigenvalue weighted by atomic mass is 9.87. The number of hydrogen-bond acceptors (Lipinski definition) is 3. The van der Waals surface area contributed by atoms with Crippen LogP contribution in [0.4, 0.5) is 0 Å². The molecule has 0 saturated carbocycles. The number of piperidine rings is 1. The molecule has 1 aromatic rings. The molecule has 128 valence electrons. The van der Waals surface area contributed by atoms with Gasteiger partial charge in [0.25, 0.3) is 5.91 Å². The number of likely N-dealkylation sites (tertiary alicyclic amines) is 1. The molecule has 1 saturated heterocycles. The summed E-state index contributed by atoms with van der Waals surface area (Å²) in [7, 11) is 2.12. The first-order chi connectivity index (χ1) is 10.8. The molecule has 1 atom stereocenters. The molecule has 1 unspecified atom stereocenters. The van der Waals surface area contributed by atoms with Crippen molar-refractivity contribution < 1.29 is 9.53 Å². The van der Waals surface area contributed by atoms with Crippen LogP contribution in [0.2, 0.25) is 0 Å². The smallest absolute Gasteiger partial charge is 0.260 e. The molecule has 1 amide bonds. The standard InChI is InChI=1S/C19H30N2O2/c1-14(18(22)20-16-10-12-21(5)13-11-16)23-17-8-6-15(7-9-17)19(2,3)4/h6-9,14,16H,10-13H2,1-5H3,(H,20,22). The SMILES string of the molecule is CC(Oc1ccc(C(C)(C)C)cc1)C(=O)NC1CCN(C)CC1. The number of hydrogen-bond donors (Lipinski definition) is 1. The summed E-state index contributed by atoms with van der Waals surface area (Å²) >= 11 is 0. The van der Waals surface area contributed by atoms with Crippen LogP contribution < -0.4 is 10.1 Å². The van der Waals surface area contributed by atoms with Gasteiger partial charge >= 0.3 is 0 Å². The van der Waals surface area contributed by atoms with Gasteiger partial charge in [0.15, 0.2) is 6.10 Å². The van der Waals surface area contributed by atoms with Gasteiger partial charge in [0.2, 0.25) is 0 Å². The molecule has 1 aliphatic heterocycles. The summed E-state index contributed by atoms with van der Waals surface area (Å²) in [6.07, 6.45) is 1.54. The second-order valence-electron chi connectivity index (χ2n) is 7.62. The minimum Gasteiger partial charge on any atom is -0.481 e. The molecule has 1 aromatic carbocycles. The van der Waals surface area contributed by atoms with Crippen LogP contribution in [0.5, 0.6) is 5.75 Å². The molecule has 0 bridgehead atoms. The lowest BCUT2D eigenvalue weighted by Gasteiger charge is -2.30. The van der Waals surface area contributed by atoms with Crippen LogP contribution in [0.25, 0.3) is 0 Å². The van der Waals surface area contributed by atoms with Gasteiger partial charge in [-0.2, -0.15) is 0 Å². The van der Waals surface area contributed by atoms with Gasteiger partial charge < -0.3 is 15.0 Å². The van der Waals surface area contributed by atoms with Crippen LogP contribution in [0, 0.1) is 0 Å². The van der Waals surface area contributed by atoms with E-state index in [-0.39, 0.29) is 17.4 Å². The Morgan fingerprint density at radius 1 is 1.22 bits per heavy atom. The van der Waals surface area contributed by atoms with E-state index in [2.05, 4.69) is 50.2 Å². The van der Waals surface area contributed by atoms with Crippen LogP contribution in [-0.4, -0.2) is 43.1 Å². The van der Waals surface area contributed by atoms with Crippen molar-refractivity contribution in [1.82, 2.24) is 10.2 Å². The molecule has 1 aliphatic rings. The highest BCUT2D eigenvalue weighted by molar-refractivity contribution is 5.81. The first kappa shape index (κ1) is 17.8. The number of nitrogens with one attached hydrogen (secondary N) is 1. The Hall–Kier alpha value is -1.55. The van der Waals surface area contributed by atoms with Gasteiger partial charge in [-0.05, 0) is 63.0 Å². The van der Waals surface area contributed by atoms with Crippen LogP contribution >= 0.6 is 0 Å². The molecular weight excluding hydrogens is 288 g/mol. The molecule has 4 nitrogen and oxygen atoms in total. The highest BCUT2D eigenvalue weighted by Crippen LogP contribution is 2.24. The summed E-state index contributed by atoms with van der Waals surface area (Å²) in [5, 5.41) is 3.10. The fourth-order valence-electron chi connectivity index (χ4n) is 2.76. The lowest BCUT2D eigenvalue weighted by Crippen LogP contribution is -2.47. The molecule has 1 fully saturated rings. The topological polar surface area (TPSA) is 41.6 Å².